The predicted molar refractivity (Wildman–Crippen MR) is 109 cm³/mol. The summed E-state index contributed by atoms with van der Waals surface area (Å²) in [4.78, 5) is 10.8. The SMILES string of the molecule is CCc1ccccc1C.N#Cc1cc(C/C=C(\C=C/N)C(=O)O)ccc1N. The minimum absolute atomic E-state index is 0.104. The van der Waals surface area contributed by atoms with Gasteiger partial charge in [0.15, 0.2) is 0 Å². The Morgan fingerprint density at radius 2 is 1.96 bits per heavy atom. The van der Waals surface area contributed by atoms with Gasteiger partial charge in [-0.05, 0) is 60.9 Å². The second-order valence-electron chi connectivity index (χ2n) is 5.84. The summed E-state index contributed by atoms with van der Waals surface area (Å²) in [5.41, 5.74) is 15.3. The number of allylic oxidation sites excluding steroid dienone is 1. The summed E-state index contributed by atoms with van der Waals surface area (Å²) < 4.78 is 0. The molecule has 0 saturated carbocycles. The van der Waals surface area contributed by atoms with E-state index < -0.39 is 5.97 Å². The fourth-order valence-corrected chi connectivity index (χ4v) is 2.39. The second-order valence-corrected chi connectivity index (χ2v) is 5.84. The lowest BCUT2D eigenvalue weighted by molar-refractivity contribution is -0.132. The Morgan fingerprint density at radius 1 is 1.26 bits per heavy atom. The first-order valence-electron chi connectivity index (χ1n) is 8.57. The molecule has 0 radical (unpaired) electrons. The lowest BCUT2D eigenvalue weighted by atomic mass is 10.1. The van der Waals surface area contributed by atoms with Crippen LogP contribution in [0.2, 0.25) is 0 Å². The van der Waals surface area contributed by atoms with Crippen LogP contribution in [-0.4, -0.2) is 11.1 Å². The van der Waals surface area contributed by atoms with E-state index in [1.54, 1.807) is 18.2 Å². The van der Waals surface area contributed by atoms with Gasteiger partial charge in [0, 0.05) is 5.69 Å². The van der Waals surface area contributed by atoms with Gasteiger partial charge in [-0.15, -0.1) is 0 Å². The number of aryl methyl sites for hydroxylation is 2. The third-order valence-corrected chi connectivity index (χ3v) is 3.96. The van der Waals surface area contributed by atoms with E-state index in [1.165, 1.54) is 29.5 Å². The molecule has 0 aliphatic heterocycles. The van der Waals surface area contributed by atoms with Crippen molar-refractivity contribution < 1.29 is 9.90 Å². The van der Waals surface area contributed by atoms with Gasteiger partial charge in [0.2, 0.25) is 0 Å². The van der Waals surface area contributed by atoms with Gasteiger partial charge in [-0.2, -0.15) is 5.26 Å². The van der Waals surface area contributed by atoms with Crippen molar-refractivity contribution in [1.82, 2.24) is 0 Å². The number of nitrogens with two attached hydrogens (primary N) is 2. The number of anilines is 1. The topological polar surface area (TPSA) is 113 Å². The summed E-state index contributed by atoms with van der Waals surface area (Å²) in [5, 5.41) is 17.7. The fraction of sp³-hybridized carbons (Fsp3) is 0.182. The molecule has 0 saturated heterocycles. The van der Waals surface area contributed by atoms with Gasteiger partial charge in [-0.3, -0.25) is 0 Å². The Morgan fingerprint density at radius 3 is 2.48 bits per heavy atom. The molecule has 0 spiro atoms. The van der Waals surface area contributed by atoms with Crippen molar-refractivity contribution in [3.05, 3.63) is 88.6 Å². The molecule has 0 heterocycles. The Bertz CT molecular complexity index is 877. The molecule has 140 valence electrons. The van der Waals surface area contributed by atoms with Crippen molar-refractivity contribution in [3.63, 3.8) is 0 Å². The molecular weight excluding hydrogens is 338 g/mol. The predicted octanol–water partition coefficient (Wildman–Crippen LogP) is 3.72. The summed E-state index contributed by atoms with van der Waals surface area (Å²) >= 11 is 0. The molecule has 5 N–H and O–H groups in total. The molecule has 0 aromatic heterocycles. The van der Waals surface area contributed by atoms with E-state index in [0.29, 0.717) is 17.7 Å². The number of nitrogen functional groups attached to an aromatic ring is 1. The standard InChI is InChI=1S/C13H13N3O2.C9H12/c14-6-5-10(13(17)18)3-1-9-2-4-12(16)11(7-9)8-15;1-3-9-7-5-4-6-8(9)2/h2-7H,1,14,16H2,(H,17,18);4-7H,3H2,1-2H3/b6-5-,10-3+;. The number of aliphatic carboxylic acids is 1. The van der Waals surface area contributed by atoms with Crippen LogP contribution in [0.1, 0.15) is 29.2 Å². The largest absolute Gasteiger partial charge is 0.478 e. The van der Waals surface area contributed by atoms with Gasteiger partial charge >= 0.3 is 5.97 Å². The van der Waals surface area contributed by atoms with Crippen LogP contribution in [-0.2, 0) is 17.6 Å². The number of carboxylic acids is 1. The molecule has 0 bridgehead atoms. The van der Waals surface area contributed by atoms with Crippen molar-refractivity contribution in [2.75, 3.05) is 5.73 Å². The second kappa shape index (κ2) is 11.2. The van der Waals surface area contributed by atoms with E-state index >= 15 is 0 Å². The molecule has 0 atom stereocenters. The smallest absolute Gasteiger partial charge is 0.335 e. The Hall–Kier alpha value is -3.52. The highest BCUT2D eigenvalue weighted by atomic mass is 16.4. The van der Waals surface area contributed by atoms with E-state index in [-0.39, 0.29) is 5.57 Å². The maximum atomic E-state index is 10.8. The van der Waals surface area contributed by atoms with Crippen LogP contribution >= 0.6 is 0 Å². The van der Waals surface area contributed by atoms with E-state index in [2.05, 4.69) is 38.1 Å². The third kappa shape index (κ3) is 7.09. The number of hydrogen-bond acceptors (Lipinski definition) is 4. The molecule has 5 nitrogen and oxygen atoms in total. The van der Waals surface area contributed by atoms with E-state index in [9.17, 15) is 4.79 Å². The van der Waals surface area contributed by atoms with E-state index in [4.69, 9.17) is 21.8 Å². The monoisotopic (exact) mass is 363 g/mol. The van der Waals surface area contributed by atoms with Crippen LogP contribution in [0.4, 0.5) is 5.69 Å². The summed E-state index contributed by atoms with van der Waals surface area (Å²) in [7, 11) is 0. The average molecular weight is 363 g/mol. The van der Waals surface area contributed by atoms with Crippen molar-refractivity contribution in [2.24, 2.45) is 5.73 Å². The molecule has 0 aliphatic carbocycles. The van der Waals surface area contributed by atoms with Crippen LogP contribution in [0.15, 0.2) is 66.4 Å². The summed E-state index contributed by atoms with van der Waals surface area (Å²) in [5.74, 6) is -1.05. The Labute approximate surface area is 160 Å². The molecule has 27 heavy (non-hydrogen) atoms. The van der Waals surface area contributed by atoms with Crippen molar-refractivity contribution in [3.8, 4) is 6.07 Å². The molecule has 2 rings (SSSR count). The maximum Gasteiger partial charge on any atom is 0.335 e. The van der Waals surface area contributed by atoms with E-state index in [0.717, 1.165) is 12.0 Å². The normalized spacial score (nSPS) is 10.8. The van der Waals surface area contributed by atoms with Gasteiger partial charge in [-0.1, -0.05) is 43.3 Å². The lowest BCUT2D eigenvalue weighted by Crippen LogP contribution is -1.99. The van der Waals surface area contributed by atoms with Crippen LogP contribution in [0.25, 0.3) is 0 Å². The molecule has 0 unspecified atom stereocenters. The van der Waals surface area contributed by atoms with Gasteiger partial charge in [0.05, 0.1) is 11.1 Å². The van der Waals surface area contributed by atoms with Crippen LogP contribution in [0.5, 0.6) is 0 Å². The van der Waals surface area contributed by atoms with Gasteiger partial charge < -0.3 is 16.6 Å². The highest BCUT2D eigenvalue weighted by Gasteiger charge is 2.03. The molecule has 0 fully saturated rings. The van der Waals surface area contributed by atoms with Crippen LogP contribution in [0.3, 0.4) is 0 Å². The van der Waals surface area contributed by atoms with Crippen LogP contribution < -0.4 is 11.5 Å². The number of carboxylic acid groups (broad SMARTS) is 1. The first-order valence-corrected chi connectivity index (χ1v) is 8.57. The van der Waals surface area contributed by atoms with Crippen molar-refractivity contribution in [2.45, 2.75) is 26.7 Å². The van der Waals surface area contributed by atoms with Crippen molar-refractivity contribution >= 4 is 11.7 Å². The molecule has 2 aromatic carbocycles. The van der Waals surface area contributed by atoms with Gasteiger partial charge in [-0.25, -0.2) is 4.79 Å². The zero-order valence-corrected chi connectivity index (χ0v) is 15.6. The molecule has 0 aliphatic rings. The quantitative estimate of drug-likeness (QED) is 0.425. The number of rotatable bonds is 5. The highest BCUT2D eigenvalue weighted by Crippen LogP contribution is 2.14. The zero-order chi connectivity index (χ0) is 20.2. The lowest BCUT2D eigenvalue weighted by Gasteiger charge is -2.01. The number of hydrogen-bond donors (Lipinski definition) is 3. The van der Waals surface area contributed by atoms with Gasteiger partial charge in [0.25, 0.3) is 0 Å². The zero-order valence-electron chi connectivity index (χ0n) is 15.6. The fourth-order valence-electron chi connectivity index (χ4n) is 2.39. The number of benzene rings is 2. The highest BCUT2D eigenvalue weighted by molar-refractivity contribution is 5.89. The van der Waals surface area contributed by atoms with E-state index in [1.807, 2.05) is 6.07 Å². The molecule has 5 heteroatoms. The Kier molecular flexibility index (Phi) is 8.90. The summed E-state index contributed by atoms with van der Waals surface area (Å²) in [6.07, 6.45) is 5.54. The minimum Gasteiger partial charge on any atom is -0.478 e. The first kappa shape index (κ1) is 21.5. The molecular formula is C22H25N3O2. The Balaban J connectivity index is 0.000000337. The number of nitriles is 1. The maximum absolute atomic E-state index is 10.8. The number of nitrogens with zero attached hydrogens (tertiary/aromatic N) is 1. The average Bonchev–Trinajstić information content (AvgIpc) is 2.67. The van der Waals surface area contributed by atoms with Crippen LogP contribution in [0, 0.1) is 18.3 Å². The van der Waals surface area contributed by atoms with Gasteiger partial charge in [0.1, 0.15) is 6.07 Å². The summed E-state index contributed by atoms with van der Waals surface area (Å²) in [6, 6.07) is 15.5. The first-order chi connectivity index (χ1) is 12.9. The molecule has 2 aromatic rings. The van der Waals surface area contributed by atoms with Crippen molar-refractivity contribution in [1.29, 1.82) is 5.26 Å². The third-order valence-electron chi connectivity index (χ3n) is 3.96. The summed E-state index contributed by atoms with van der Waals surface area (Å²) in [6.45, 7) is 4.33. The number of carbonyl (C=O) groups is 1. The minimum atomic E-state index is -1.05. The molecule has 0 amide bonds.